The summed E-state index contributed by atoms with van der Waals surface area (Å²) >= 11 is 0. The molecule has 2 nitrogen and oxygen atoms in total. The van der Waals surface area contributed by atoms with Crippen LogP contribution in [-0.4, -0.2) is 24.0 Å². The maximum atomic E-state index is 5.85. The van der Waals surface area contributed by atoms with E-state index in [-0.39, 0.29) is 0 Å². The summed E-state index contributed by atoms with van der Waals surface area (Å²) in [5.74, 6) is 1.88. The van der Waals surface area contributed by atoms with Gasteiger partial charge in [-0.1, -0.05) is 30.3 Å². The Labute approximate surface area is 91.1 Å². The number of benzene rings is 1. The van der Waals surface area contributed by atoms with Crippen LogP contribution in [0.15, 0.2) is 30.3 Å². The molecule has 0 amide bonds. The Morgan fingerprint density at radius 2 is 2.07 bits per heavy atom. The molecule has 1 saturated heterocycles. The lowest BCUT2D eigenvalue weighted by Crippen LogP contribution is -2.38. The molecule has 1 aromatic rings. The second kappa shape index (κ2) is 3.62. The molecule has 0 aromatic heterocycles. The minimum atomic E-state index is 0.648. The van der Waals surface area contributed by atoms with E-state index in [0.29, 0.717) is 6.04 Å². The van der Waals surface area contributed by atoms with E-state index in [1.807, 2.05) is 0 Å². The molecule has 2 aliphatic rings. The van der Waals surface area contributed by atoms with Crippen LogP contribution in [0.2, 0.25) is 0 Å². The highest BCUT2D eigenvalue weighted by Gasteiger charge is 2.51. The normalized spacial score (nSPS) is 34.1. The zero-order valence-corrected chi connectivity index (χ0v) is 8.97. The van der Waals surface area contributed by atoms with Crippen LogP contribution in [0.1, 0.15) is 12.0 Å². The quantitative estimate of drug-likeness (QED) is 0.804. The third-order valence-corrected chi connectivity index (χ3v) is 3.88. The van der Waals surface area contributed by atoms with Gasteiger partial charge in [-0.25, -0.2) is 0 Å². The molecular formula is C13H18N2. The molecule has 1 aliphatic carbocycles. The van der Waals surface area contributed by atoms with Gasteiger partial charge < -0.3 is 5.73 Å². The van der Waals surface area contributed by atoms with Crippen molar-refractivity contribution >= 4 is 0 Å². The van der Waals surface area contributed by atoms with Crippen molar-refractivity contribution in [3.8, 4) is 0 Å². The molecule has 0 radical (unpaired) electrons. The molecule has 80 valence electrons. The van der Waals surface area contributed by atoms with Crippen LogP contribution in [0.3, 0.4) is 0 Å². The van der Waals surface area contributed by atoms with E-state index in [9.17, 15) is 0 Å². The summed E-state index contributed by atoms with van der Waals surface area (Å²) in [4.78, 5) is 2.56. The Hall–Kier alpha value is -0.860. The van der Waals surface area contributed by atoms with E-state index in [4.69, 9.17) is 5.73 Å². The molecule has 1 saturated carbocycles. The molecule has 2 fully saturated rings. The Kier molecular flexibility index (Phi) is 2.26. The van der Waals surface area contributed by atoms with Crippen LogP contribution < -0.4 is 5.73 Å². The minimum Gasteiger partial charge on any atom is -0.329 e. The van der Waals surface area contributed by atoms with Gasteiger partial charge in [-0.3, -0.25) is 4.90 Å². The van der Waals surface area contributed by atoms with Gasteiger partial charge in [0.25, 0.3) is 0 Å². The summed E-state index contributed by atoms with van der Waals surface area (Å²) in [6.07, 6.45) is 1.42. The standard InChI is InChI=1S/C13H18N2/c14-7-13-12-6-11(12)9-15(13)8-10-4-2-1-3-5-10/h1-5,11-13H,6-9,14H2/t11-,12?,13+/m0/s1. The zero-order chi connectivity index (χ0) is 10.3. The van der Waals surface area contributed by atoms with Crippen molar-refractivity contribution in [3.63, 3.8) is 0 Å². The zero-order valence-electron chi connectivity index (χ0n) is 8.97. The van der Waals surface area contributed by atoms with Gasteiger partial charge in [0.2, 0.25) is 0 Å². The fourth-order valence-corrected chi connectivity index (χ4v) is 2.98. The molecule has 0 spiro atoms. The Balaban J connectivity index is 1.69. The first-order valence-electron chi connectivity index (χ1n) is 5.86. The lowest BCUT2D eigenvalue weighted by atomic mass is 10.1. The van der Waals surface area contributed by atoms with Crippen LogP contribution in [0.4, 0.5) is 0 Å². The van der Waals surface area contributed by atoms with E-state index in [2.05, 4.69) is 35.2 Å². The summed E-state index contributed by atoms with van der Waals surface area (Å²) < 4.78 is 0. The highest BCUT2D eigenvalue weighted by molar-refractivity contribution is 5.16. The van der Waals surface area contributed by atoms with Gasteiger partial charge in [-0.15, -0.1) is 0 Å². The number of rotatable bonds is 3. The molecule has 3 atom stereocenters. The number of hydrogen-bond acceptors (Lipinski definition) is 2. The van der Waals surface area contributed by atoms with Gasteiger partial charge in [0.05, 0.1) is 0 Å². The van der Waals surface area contributed by atoms with Gasteiger partial charge >= 0.3 is 0 Å². The van der Waals surface area contributed by atoms with Crippen molar-refractivity contribution in [3.05, 3.63) is 35.9 Å². The largest absolute Gasteiger partial charge is 0.329 e. The maximum Gasteiger partial charge on any atom is 0.0253 e. The second-order valence-electron chi connectivity index (χ2n) is 4.88. The van der Waals surface area contributed by atoms with Crippen LogP contribution in [0.5, 0.6) is 0 Å². The fourth-order valence-electron chi connectivity index (χ4n) is 2.98. The predicted molar refractivity (Wildman–Crippen MR) is 61.3 cm³/mol. The SMILES string of the molecule is NC[C@@H]1C2C[C@H]2CN1Cc1ccccc1. The molecule has 1 aliphatic heterocycles. The van der Waals surface area contributed by atoms with E-state index >= 15 is 0 Å². The van der Waals surface area contributed by atoms with E-state index in [1.54, 1.807) is 0 Å². The van der Waals surface area contributed by atoms with Gasteiger partial charge in [0.1, 0.15) is 0 Å². The minimum absolute atomic E-state index is 0.648. The lowest BCUT2D eigenvalue weighted by Gasteiger charge is -2.26. The summed E-state index contributed by atoms with van der Waals surface area (Å²) in [6.45, 7) is 3.17. The van der Waals surface area contributed by atoms with Crippen molar-refractivity contribution in [2.24, 2.45) is 17.6 Å². The third-order valence-electron chi connectivity index (χ3n) is 3.88. The van der Waals surface area contributed by atoms with E-state index < -0.39 is 0 Å². The van der Waals surface area contributed by atoms with Crippen LogP contribution >= 0.6 is 0 Å². The van der Waals surface area contributed by atoms with Gasteiger partial charge in [0.15, 0.2) is 0 Å². The van der Waals surface area contributed by atoms with Gasteiger partial charge in [0, 0.05) is 25.7 Å². The van der Waals surface area contributed by atoms with Crippen molar-refractivity contribution in [1.29, 1.82) is 0 Å². The lowest BCUT2D eigenvalue weighted by molar-refractivity contribution is 0.216. The van der Waals surface area contributed by atoms with Gasteiger partial charge in [-0.2, -0.15) is 0 Å². The Morgan fingerprint density at radius 3 is 2.80 bits per heavy atom. The predicted octanol–water partition coefficient (Wildman–Crippen LogP) is 1.47. The number of piperidine rings is 1. The average molecular weight is 202 g/mol. The van der Waals surface area contributed by atoms with Crippen molar-refractivity contribution in [2.75, 3.05) is 13.1 Å². The van der Waals surface area contributed by atoms with E-state index in [1.165, 1.54) is 18.5 Å². The summed E-state index contributed by atoms with van der Waals surface area (Å²) in [5, 5.41) is 0. The van der Waals surface area contributed by atoms with Crippen molar-refractivity contribution in [1.82, 2.24) is 4.90 Å². The number of nitrogens with zero attached hydrogens (tertiary/aromatic N) is 1. The molecular weight excluding hydrogens is 184 g/mol. The highest BCUT2D eigenvalue weighted by Crippen LogP contribution is 2.49. The molecule has 1 aromatic carbocycles. The average Bonchev–Trinajstić information content (AvgIpc) is 2.93. The highest BCUT2D eigenvalue weighted by atomic mass is 15.2. The Morgan fingerprint density at radius 1 is 1.27 bits per heavy atom. The molecule has 3 rings (SSSR count). The molecule has 2 N–H and O–H groups in total. The van der Waals surface area contributed by atoms with Crippen LogP contribution in [0.25, 0.3) is 0 Å². The number of nitrogens with two attached hydrogens (primary N) is 1. The van der Waals surface area contributed by atoms with Crippen molar-refractivity contribution < 1.29 is 0 Å². The third kappa shape index (κ3) is 1.68. The van der Waals surface area contributed by atoms with Crippen LogP contribution in [0, 0.1) is 11.8 Å². The first-order chi connectivity index (χ1) is 7.38. The molecule has 2 heteroatoms. The summed E-state index contributed by atoms with van der Waals surface area (Å²) in [7, 11) is 0. The Bertz CT molecular complexity index is 336. The number of fused-ring (bicyclic) bond motifs is 1. The first-order valence-corrected chi connectivity index (χ1v) is 5.86. The number of likely N-dealkylation sites (tertiary alicyclic amines) is 1. The first kappa shape index (κ1) is 9.37. The van der Waals surface area contributed by atoms with Crippen LogP contribution in [-0.2, 0) is 6.54 Å². The smallest absolute Gasteiger partial charge is 0.0253 e. The van der Waals surface area contributed by atoms with Gasteiger partial charge in [-0.05, 0) is 23.8 Å². The molecule has 1 unspecified atom stereocenters. The molecule has 15 heavy (non-hydrogen) atoms. The summed E-state index contributed by atoms with van der Waals surface area (Å²) in [5.41, 5.74) is 7.27. The fraction of sp³-hybridized carbons (Fsp3) is 0.538. The second-order valence-corrected chi connectivity index (χ2v) is 4.88. The monoisotopic (exact) mass is 202 g/mol. The number of hydrogen-bond donors (Lipinski definition) is 1. The maximum absolute atomic E-state index is 5.85. The topological polar surface area (TPSA) is 29.3 Å². The molecule has 1 heterocycles. The van der Waals surface area contributed by atoms with Crippen molar-refractivity contribution in [2.45, 2.75) is 19.0 Å². The summed E-state index contributed by atoms with van der Waals surface area (Å²) in [6, 6.07) is 11.4. The molecule has 0 bridgehead atoms. The van der Waals surface area contributed by atoms with E-state index in [0.717, 1.165) is 24.9 Å².